The Balaban J connectivity index is 3.22. The number of ether oxygens (including phenoxy) is 1. The first-order valence-electron chi connectivity index (χ1n) is 4.33. The predicted octanol–water partition coefficient (Wildman–Crippen LogP) is 2.28. The molecule has 17 heavy (non-hydrogen) atoms. The molecule has 1 rings (SSSR count). The number of hydrogen-bond donors (Lipinski definition) is 0. The number of aromatic nitrogens is 2. The van der Waals surface area contributed by atoms with Gasteiger partial charge in [0.1, 0.15) is 5.15 Å². The first kappa shape index (κ1) is 13.6. The Hall–Kier alpha value is -1.50. The Labute approximate surface area is 99.6 Å². The van der Waals surface area contributed by atoms with Gasteiger partial charge in [-0.3, -0.25) is 4.68 Å². The number of aryl methyl sites for hydroxylation is 1. The Kier molecular flexibility index (Phi) is 3.82. The number of hydrogen-bond acceptors (Lipinski definition) is 3. The summed E-state index contributed by atoms with van der Waals surface area (Å²) >= 11 is 5.64. The molecule has 0 spiro atoms. The summed E-state index contributed by atoms with van der Waals surface area (Å²) < 4.78 is 42.8. The van der Waals surface area contributed by atoms with E-state index in [2.05, 4.69) is 9.84 Å². The molecular weight excluding hydrogens is 261 g/mol. The Morgan fingerprint density at radius 2 is 2.12 bits per heavy atom. The molecule has 94 valence electrons. The van der Waals surface area contributed by atoms with Gasteiger partial charge in [0.05, 0.1) is 7.11 Å². The molecule has 0 radical (unpaired) electrons. The first-order valence-corrected chi connectivity index (χ1v) is 4.71. The minimum absolute atomic E-state index is 0.211. The maximum Gasteiger partial charge on any atom is 0.435 e. The Bertz CT molecular complexity index is 466. The van der Waals surface area contributed by atoms with E-state index in [1.165, 1.54) is 7.05 Å². The van der Waals surface area contributed by atoms with Gasteiger partial charge in [-0.1, -0.05) is 11.6 Å². The average molecular weight is 269 g/mol. The van der Waals surface area contributed by atoms with Gasteiger partial charge in [0.2, 0.25) is 0 Å². The van der Waals surface area contributed by atoms with Crippen molar-refractivity contribution in [3.8, 4) is 0 Å². The van der Waals surface area contributed by atoms with E-state index in [0.717, 1.165) is 23.9 Å². The zero-order valence-electron chi connectivity index (χ0n) is 8.88. The molecule has 8 heteroatoms. The van der Waals surface area contributed by atoms with Crippen LogP contribution in [-0.4, -0.2) is 22.9 Å². The number of rotatable bonds is 2. The average Bonchev–Trinajstić information content (AvgIpc) is 2.52. The van der Waals surface area contributed by atoms with Gasteiger partial charge in [0, 0.05) is 18.7 Å². The number of carbonyl (C=O) groups excluding carboxylic acids is 1. The van der Waals surface area contributed by atoms with Crippen LogP contribution in [0.3, 0.4) is 0 Å². The first-order chi connectivity index (χ1) is 7.77. The van der Waals surface area contributed by atoms with Crippen LogP contribution in [0.15, 0.2) is 6.08 Å². The molecule has 0 aromatic carbocycles. The highest BCUT2D eigenvalue weighted by molar-refractivity contribution is 6.31. The summed E-state index contributed by atoms with van der Waals surface area (Å²) in [5.41, 5.74) is -1.52. The number of carbonyl (C=O) groups is 1. The number of nitrogens with zero attached hydrogens (tertiary/aromatic N) is 2. The van der Waals surface area contributed by atoms with Gasteiger partial charge in [-0.25, -0.2) is 4.79 Å². The van der Waals surface area contributed by atoms with Gasteiger partial charge in [-0.15, -0.1) is 0 Å². The molecule has 0 saturated carbocycles. The van der Waals surface area contributed by atoms with E-state index in [4.69, 9.17) is 11.6 Å². The molecule has 1 aromatic heterocycles. The van der Waals surface area contributed by atoms with Crippen molar-refractivity contribution in [2.75, 3.05) is 7.11 Å². The summed E-state index contributed by atoms with van der Waals surface area (Å²) in [7, 11) is 2.38. The lowest BCUT2D eigenvalue weighted by molar-refractivity contribution is -0.141. The zero-order valence-corrected chi connectivity index (χ0v) is 9.63. The maximum atomic E-state index is 12.6. The quantitative estimate of drug-likeness (QED) is 0.610. The van der Waals surface area contributed by atoms with Gasteiger partial charge in [0.15, 0.2) is 5.69 Å². The van der Waals surface area contributed by atoms with Gasteiger partial charge < -0.3 is 4.74 Å². The molecule has 0 aliphatic rings. The molecule has 1 aromatic rings. The highest BCUT2D eigenvalue weighted by Crippen LogP contribution is 2.34. The van der Waals surface area contributed by atoms with E-state index in [-0.39, 0.29) is 10.7 Å². The lowest BCUT2D eigenvalue weighted by Crippen LogP contribution is -2.08. The van der Waals surface area contributed by atoms with Gasteiger partial charge in [-0.2, -0.15) is 18.3 Å². The second-order valence-corrected chi connectivity index (χ2v) is 3.39. The second-order valence-electron chi connectivity index (χ2n) is 3.03. The lowest BCUT2D eigenvalue weighted by atomic mass is 10.2. The molecule has 0 unspecified atom stereocenters. The molecular formula is C9H8ClF3N2O2. The minimum Gasteiger partial charge on any atom is -0.466 e. The number of methoxy groups -OCH3 is 1. The van der Waals surface area contributed by atoms with Crippen molar-refractivity contribution in [1.29, 1.82) is 0 Å². The molecule has 0 fully saturated rings. The summed E-state index contributed by atoms with van der Waals surface area (Å²) in [6, 6.07) is 0. The summed E-state index contributed by atoms with van der Waals surface area (Å²) in [6.07, 6.45) is -2.87. The summed E-state index contributed by atoms with van der Waals surface area (Å²) in [5.74, 6) is -0.780. The predicted molar refractivity (Wildman–Crippen MR) is 54.3 cm³/mol. The monoisotopic (exact) mass is 268 g/mol. The van der Waals surface area contributed by atoms with Crippen LogP contribution in [0.4, 0.5) is 13.2 Å². The zero-order chi connectivity index (χ0) is 13.2. The molecule has 0 N–H and O–H groups in total. The number of halogens is 4. The molecule has 0 aliphatic carbocycles. The summed E-state index contributed by atoms with van der Waals surface area (Å²) in [4.78, 5) is 10.8. The maximum absolute atomic E-state index is 12.6. The van der Waals surface area contributed by atoms with Crippen LogP contribution < -0.4 is 0 Å². The number of esters is 1. The fourth-order valence-electron chi connectivity index (χ4n) is 1.10. The highest BCUT2D eigenvalue weighted by atomic mass is 35.5. The van der Waals surface area contributed by atoms with Crippen molar-refractivity contribution in [2.45, 2.75) is 6.18 Å². The van der Waals surface area contributed by atoms with Gasteiger partial charge in [0.25, 0.3) is 0 Å². The van der Waals surface area contributed by atoms with Gasteiger partial charge in [-0.05, 0) is 6.08 Å². The second kappa shape index (κ2) is 4.79. The summed E-state index contributed by atoms with van der Waals surface area (Å²) in [6.45, 7) is 0. The van der Waals surface area contributed by atoms with E-state index >= 15 is 0 Å². The van der Waals surface area contributed by atoms with E-state index < -0.39 is 17.8 Å². The molecule has 1 heterocycles. The third-order valence-electron chi connectivity index (χ3n) is 1.87. The fraction of sp³-hybridized carbons (Fsp3) is 0.333. The van der Waals surface area contributed by atoms with Crippen LogP contribution in [-0.2, 0) is 22.8 Å². The molecule has 0 atom stereocenters. The smallest absolute Gasteiger partial charge is 0.435 e. The van der Waals surface area contributed by atoms with Crippen molar-refractivity contribution in [3.05, 3.63) is 22.5 Å². The Morgan fingerprint density at radius 3 is 2.59 bits per heavy atom. The lowest BCUT2D eigenvalue weighted by Gasteiger charge is -2.02. The third-order valence-corrected chi connectivity index (χ3v) is 2.32. The molecule has 0 saturated heterocycles. The molecule has 0 bridgehead atoms. The summed E-state index contributed by atoms with van der Waals surface area (Å²) in [5, 5.41) is 3.03. The molecule has 0 amide bonds. The molecule has 0 aliphatic heterocycles. The SMILES string of the molecule is COC(=O)C=Cc1c(C(F)(F)F)nn(C)c1Cl. The van der Waals surface area contributed by atoms with Crippen LogP contribution in [0, 0.1) is 0 Å². The van der Waals surface area contributed by atoms with Crippen molar-refractivity contribution in [3.63, 3.8) is 0 Å². The van der Waals surface area contributed by atoms with E-state index in [0.29, 0.717) is 0 Å². The molecule has 4 nitrogen and oxygen atoms in total. The largest absolute Gasteiger partial charge is 0.466 e. The van der Waals surface area contributed by atoms with Crippen LogP contribution in [0.1, 0.15) is 11.3 Å². The van der Waals surface area contributed by atoms with Crippen molar-refractivity contribution >= 4 is 23.6 Å². The Morgan fingerprint density at radius 1 is 1.53 bits per heavy atom. The van der Waals surface area contributed by atoms with Gasteiger partial charge >= 0.3 is 12.1 Å². The highest BCUT2D eigenvalue weighted by Gasteiger charge is 2.37. The van der Waals surface area contributed by atoms with Crippen LogP contribution in [0.2, 0.25) is 5.15 Å². The third kappa shape index (κ3) is 3.00. The van der Waals surface area contributed by atoms with E-state index in [1.807, 2.05) is 0 Å². The topological polar surface area (TPSA) is 44.1 Å². The minimum atomic E-state index is -4.64. The van der Waals surface area contributed by atoms with Crippen LogP contribution in [0.5, 0.6) is 0 Å². The van der Waals surface area contributed by atoms with Crippen molar-refractivity contribution in [1.82, 2.24) is 9.78 Å². The number of alkyl halides is 3. The van der Waals surface area contributed by atoms with Crippen LogP contribution in [0.25, 0.3) is 6.08 Å². The standard InChI is InChI=1S/C9H8ClF3N2O2/c1-15-8(10)5(3-4-6(16)17-2)7(14-15)9(11,12)13/h3-4H,1-2H3. The van der Waals surface area contributed by atoms with Crippen LogP contribution >= 0.6 is 11.6 Å². The normalized spacial score (nSPS) is 12.1. The van der Waals surface area contributed by atoms with Crippen molar-refractivity contribution in [2.24, 2.45) is 7.05 Å². The van der Waals surface area contributed by atoms with Crippen molar-refractivity contribution < 1.29 is 22.7 Å². The van der Waals surface area contributed by atoms with E-state index in [1.54, 1.807) is 0 Å². The fourth-order valence-corrected chi connectivity index (χ4v) is 1.29. The van der Waals surface area contributed by atoms with E-state index in [9.17, 15) is 18.0 Å².